The molecule has 1 atom stereocenters. The molecule has 0 aliphatic heterocycles. The largest absolute Gasteiger partial charge is 0.481 e. The quantitative estimate of drug-likeness (QED) is 0.423. The first-order valence-corrected chi connectivity index (χ1v) is 11.2. The number of aliphatic carboxylic acids is 1. The Morgan fingerprint density at radius 3 is 2.26 bits per heavy atom. The Morgan fingerprint density at radius 2 is 1.63 bits per heavy atom. The molecule has 1 aliphatic rings. The number of carboxylic acids is 1. The molecule has 3 aromatic carbocycles. The highest BCUT2D eigenvalue weighted by Gasteiger charge is 2.29. The van der Waals surface area contributed by atoms with Crippen LogP contribution in [0.25, 0.3) is 11.1 Å². The van der Waals surface area contributed by atoms with Gasteiger partial charge in [-0.3, -0.25) is 14.9 Å². The Hall–Kier alpha value is -4.20. The number of ether oxygens (including phenoxy) is 1. The van der Waals surface area contributed by atoms with Gasteiger partial charge in [0.2, 0.25) is 0 Å². The van der Waals surface area contributed by atoms with E-state index in [9.17, 15) is 18.8 Å². The van der Waals surface area contributed by atoms with Gasteiger partial charge in [-0.25, -0.2) is 9.18 Å². The average Bonchev–Trinajstić information content (AvgIpc) is 3.15. The molecule has 180 valence electrons. The average molecular weight is 477 g/mol. The third-order valence-corrected chi connectivity index (χ3v) is 5.94. The second-order valence-corrected chi connectivity index (χ2v) is 8.55. The fourth-order valence-electron chi connectivity index (χ4n) is 4.29. The fraction of sp³-hybridized carbons (Fsp3) is 0.222. The Bertz CT molecular complexity index is 1230. The van der Waals surface area contributed by atoms with E-state index in [1.807, 2.05) is 48.5 Å². The van der Waals surface area contributed by atoms with E-state index in [0.717, 1.165) is 34.4 Å². The van der Waals surface area contributed by atoms with Crippen molar-refractivity contribution in [2.45, 2.75) is 19.3 Å². The molecule has 2 amide bonds. The maximum absolute atomic E-state index is 13.8. The number of hydrogen-bond donors (Lipinski definition) is 3. The Morgan fingerprint density at radius 1 is 1.00 bits per heavy atom. The maximum Gasteiger partial charge on any atom is 0.411 e. The van der Waals surface area contributed by atoms with Gasteiger partial charge in [-0.1, -0.05) is 55.5 Å². The first-order chi connectivity index (χ1) is 16.8. The molecule has 8 heteroatoms. The summed E-state index contributed by atoms with van der Waals surface area (Å²) in [7, 11) is 0. The lowest BCUT2D eigenvalue weighted by atomic mass is 9.98. The van der Waals surface area contributed by atoms with Crippen molar-refractivity contribution < 1.29 is 28.6 Å². The molecule has 35 heavy (non-hydrogen) atoms. The molecule has 0 bridgehead atoms. The standard InChI is InChI=1S/C27H25FN2O5/c1-16(12-25(31)32)14-29-26(33)22-13-17(28)10-11-24(22)30-27(34)35-15-23-20-8-4-2-6-18(20)19-7-3-5-9-21(19)23/h2-11,13,16,23H,12,14-15H2,1H3,(H,29,33)(H,30,34)(H,31,32). The van der Waals surface area contributed by atoms with Crippen LogP contribution in [0.3, 0.4) is 0 Å². The first-order valence-electron chi connectivity index (χ1n) is 11.2. The summed E-state index contributed by atoms with van der Waals surface area (Å²) in [4.78, 5) is 36.0. The molecule has 0 radical (unpaired) electrons. The van der Waals surface area contributed by atoms with Crippen LogP contribution in [-0.2, 0) is 9.53 Å². The summed E-state index contributed by atoms with van der Waals surface area (Å²) < 4.78 is 19.4. The van der Waals surface area contributed by atoms with E-state index in [1.165, 1.54) is 6.07 Å². The van der Waals surface area contributed by atoms with E-state index in [0.29, 0.717) is 0 Å². The normalized spacial score (nSPS) is 12.9. The van der Waals surface area contributed by atoms with E-state index in [-0.39, 0.29) is 42.7 Å². The summed E-state index contributed by atoms with van der Waals surface area (Å²) >= 11 is 0. The molecule has 4 rings (SSSR count). The zero-order valence-electron chi connectivity index (χ0n) is 19.1. The molecule has 3 N–H and O–H groups in total. The molecular weight excluding hydrogens is 451 g/mol. The number of nitrogens with one attached hydrogen (secondary N) is 2. The van der Waals surface area contributed by atoms with Gasteiger partial charge in [0.1, 0.15) is 12.4 Å². The Labute approximate surface area is 201 Å². The summed E-state index contributed by atoms with van der Waals surface area (Å²) in [5.74, 6) is -2.69. The number of anilines is 1. The summed E-state index contributed by atoms with van der Waals surface area (Å²) in [5.41, 5.74) is 4.35. The smallest absolute Gasteiger partial charge is 0.411 e. The van der Waals surface area contributed by atoms with Crippen molar-refractivity contribution in [3.63, 3.8) is 0 Å². The third kappa shape index (κ3) is 5.48. The van der Waals surface area contributed by atoms with Crippen molar-refractivity contribution in [3.05, 3.63) is 89.2 Å². The second kappa shape index (κ2) is 10.4. The molecule has 0 aromatic heterocycles. The van der Waals surface area contributed by atoms with Gasteiger partial charge in [0.05, 0.1) is 11.3 Å². The van der Waals surface area contributed by atoms with Crippen molar-refractivity contribution in [3.8, 4) is 11.1 Å². The van der Waals surface area contributed by atoms with Crippen LogP contribution in [0.15, 0.2) is 66.7 Å². The Balaban J connectivity index is 1.43. The zero-order chi connectivity index (χ0) is 24.9. The van der Waals surface area contributed by atoms with Crippen LogP contribution in [0, 0.1) is 11.7 Å². The molecule has 1 unspecified atom stereocenters. The molecule has 1 aliphatic carbocycles. The minimum atomic E-state index is -0.977. The molecule has 0 fully saturated rings. The SMILES string of the molecule is CC(CNC(=O)c1cc(F)ccc1NC(=O)OCC1c2ccccc2-c2ccccc21)CC(=O)O. The maximum atomic E-state index is 13.8. The highest BCUT2D eigenvalue weighted by molar-refractivity contribution is 6.02. The van der Waals surface area contributed by atoms with E-state index >= 15 is 0 Å². The highest BCUT2D eigenvalue weighted by atomic mass is 19.1. The molecule has 3 aromatic rings. The van der Waals surface area contributed by atoms with Gasteiger partial charge in [0.25, 0.3) is 5.91 Å². The van der Waals surface area contributed by atoms with Gasteiger partial charge in [-0.2, -0.15) is 0 Å². The van der Waals surface area contributed by atoms with Gasteiger partial charge in [0.15, 0.2) is 0 Å². The highest BCUT2D eigenvalue weighted by Crippen LogP contribution is 2.44. The number of halogens is 1. The number of fused-ring (bicyclic) bond motifs is 3. The van der Waals surface area contributed by atoms with Crippen molar-refractivity contribution in [2.75, 3.05) is 18.5 Å². The number of rotatable bonds is 8. The molecule has 7 nitrogen and oxygen atoms in total. The van der Waals surface area contributed by atoms with Crippen LogP contribution in [0.5, 0.6) is 0 Å². The van der Waals surface area contributed by atoms with Crippen LogP contribution >= 0.6 is 0 Å². The van der Waals surface area contributed by atoms with Crippen molar-refractivity contribution in [1.29, 1.82) is 0 Å². The molecule has 0 spiro atoms. The first kappa shape index (κ1) is 23.9. The number of carbonyl (C=O) groups is 3. The van der Waals surface area contributed by atoms with Gasteiger partial charge in [0, 0.05) is 18.9 Å². The molecule has 0 saturated heterocycles. The van der Waals surface area contributed by atoms with Crippen LogP contribution < -0.4 is 10.6 Å². The summed E-state index contributed by atoms with van der Waals surface area (Å²) in [6.07, 6.45) is -0.888. The van der Waals surface area contributed by atoms with Crippen LogP contribution in [0.1, 0.15) is 40.7 Å². The minimum Gasteiger partial charge on any atom is -0.481 e. The van der Waals surface area contributed by atoms with E-state index < -0.39 is 23.8 Å². The third-order valence-electron chi connectivity index (χ3n) is 5.94. The van der Waals surface area contributed by atoms with Gasteiger partial charge < -0.3 is 15.2 Å². The molecule has 0 saturated carbocycles. The number of amides is 2. The van der Waals surface area contributed by atoms with E-state index in [4.69, 9.17) is 9.84 Å². The summed E-state index contributed by atoms with van der Waals surface area (Å²) in [6, 6.07) is 19.3. The minimum absolute atomic E-state index is 0.0824. The lowest BCUT2D eigenvalue weighted by Crippen LogP contribution is -2.30. The number of benzene rings is 3. The topological polar surface area (TPSA) is 105 Å². The fourth-order valence-corrected chi connectivity index (χ4v) is 4.29. The number of hydrogen-bond acceptors (Lipinski definition) is 4. The van der Waals surface area contributed by atoms with Crippen LogP contribution in [0.4, 0.5) is 14.9 Å². The van der Waals surface area contributed by atoms with Crippen LogP contribution in [0.2, 0.25) is 0 Å². The van der Waals surface area contributed by atoms with Crippen molar-refractivity contribution in [2.24, 2.45) is 5.92 Å². The van der Waals surface area contributed by atoms with Crippen molar-refractivity contribution >= 4 is 23.7 Å². The lowest BCUT2D eigenvalue weighted by molar-refractivity contribution is -0.137. The van der Waals surface area contributed by atoms with Gasteiger partial charge in [-0.05, 0) is 46.4 Å². The number of carbonyl (C=O) groups excluding carboxylic acids is 2. The summed E-state index contributed by atoms with van der Waals surface area (Å²) in [6.45, 7) is 1.86. The molecule has 0 heterocycles. The zero-order valence-corrected chi connectivity index (χ0v) is 19.1. The summed E-state index contributed by atoms with van der Waals surface area (Å²) in [5, 5.41) is 14.0. The monoisotopic (exact) mass is 476 g/mol. The van der Waals surface area contributed by atoms with Gasteiger partial charge >= 0.3 is 12.1 Å². The van der Waals surface area contributed by atoms with Crippen molar-refractivity contribution in [1.82, 2.24) is 5.32 Å². The predicted octanol–water partition coefficient (Wildman–Crippen LogP) is 5.03. The Kier molecular flexibility index (Phi) is 7.10. The molecular formula is C27H25FN2O5. The number of carboxylic acid groups (broad SMARTS) is 1. The van der Waals surface area contributed by atoms with Crippen LogP contribution in [-0.4, -0.2) is 36.2 Å². The van der Waals surface area contributed by atoms with E-state index in [2.05, 4.69) is 10.6 Å². The van der Waals surface area contributed by atoms with E-state index in [1.54, 1.807) is 6.92 Å². The predicted molar refractivity (Wildman–Crippen MR) is 129 cm³/mol. The lowest BCUT2D eigenvalue weighted by Gasteiger charge is -2.16. The second-order valence-electron chi connectivity index (χ2n) is 8.55. The van der Waals surface area contributed by atoms with Gasteiger partial charge in [-0.15, -0.1) is 0 Å².